The Hall–Kier alpha value is -12.0. The van der Waals surface area contributed by atoms with Gasteiger partial charge in [-0.15, -0.1) is 0 Å². The third kappa shape index (κ3) is 45.0. The van der Waals surface area contributed by atoms with E-state index < -0.39 is 137 Å². The van der Waals surface area contributed by atoms with Crippen LogP contribution in [0.25, 0.3) is 0 Å². The highest BCUT2D eigenvalue weighted by Gasteiger charge is 2.43. The van der Waals surface area contributed by atoms with Crippen LogP contribution in [0.2, 0.25) is 0 Å². The zero-order valence-electron chi connectivity index (χ0n) is 65.8. The van der Waals surface area contributed by atoms with Gasteiger partial charge in [0.2, 0.25) is 65.0 Å². The average molecular weight is 1660 g/mol. The number of unbranched alkanes of at least 4 members (excludes halogenated alkanes) is 2. The number of carbonyl (C=O) groups is 12. The summed E-state index contributed by atoms with van der Waals surface area (Å²) in [5, 5.41) is 115. The molecule has 0 radical (unpaired) electrons. The number of amides is 13. The molecule has 654 valence electrons. The summed E-state index contributed by atoms with van der Waals surface area (Å²) in [7, 11) is 0. The number of guanidine groups is 8. The Morgan fingerprint density at radius 1 is 0.328 bits per heavy atom. The number of thioether (sulfide) groups is 1. The summed E-state index contributed by atoms with van der Waals surface area (Å²) in [6.07, 6.45) is 2.60. The lowest BCUT2D eigenvalue weighted by atomic mass is 10.0. The Kier molecular flexibility index (Phi) is 48.5. The van der Waals surface area contributed by atoms with Crippen molar-refractivity contribution in [1.29, 1.82) is 43.3 Å². The van der Waals surface area contributed by atoms with Gasteiger partial charge in [0.25, 0.3) is 0 Å². The van der Waals surface area contributed by atoms with E-state index in [4.69, 9.17) is 94.9 Å². The number of carbonyl (C=O) groups excluding carboxylic acids is 12. The molecule has 49 nitrogen and oxygen atoms in total. The van der Waals surface area contributed by atoms with Gasteiger partial charge in [0.05, 0.1) is 12.1 Å². The van der Waals surface area contributed by atoms with Crippen molar-refractivity contribution in [2.75, 3.05) is 64.7 Å². The van der Waals surface area contributed by atoms with Crippen molar-refractivity contribution in [3.8, 4) is 0 Å². The molecule has 12 atom stereocenters. The zero-order valence-corrected chi connectivity index (χ0v) is 66.6. The molecule has 0 aromatic carbocycles. The standard InChI is InChI=1S/C66H127N37O12S/c1-35(104)93-38(16-7-27-86-59(70)71)51(108)97-42(20-11-31-90-63(78)79)55(112)100-44(22-13-33-92-65(82)83)57(114)101-43(21-12-32-91-64(80)81)56(113)99-41(19-10-30-89-62(76)77)54(111)96-37(15-6-26-85-58(68)69)50(107)84-25-5-4-14-36(49(67)106)95-53(110)40(18-9-29-88-61(74)75)98-52(109)39(17-8-28-87-60(72)73)94-47(105)24-3-2-23-46-48-45(34-116-46)102-66(115)103-48/h36-46,48H,2-34H2,1H3,(H2,67,106)(H,84,107)(H,93,104)(H,94,105)(H,95,110)(H,96,111)(H,97,108)(H,98,109)(H,99,113)(H,100,112)(H,101,114)(H4,68,69,85)(H4,70,71,86)(H4,72,73,87)(H4,74,75,88)(H4,76,77,89)(H4,78,79,90)(H4,80,81,91)(H4,82,83,92)(H2,102,103,115)/t36?,37-,38-,39-,40-,41-,42-,43+,44-,45-,46-,48-/m0/s1. The first kappa shape index (κ1) is 100. The Balaban J connectivity index is 2.45. The fourth-order valence-electron chi connectivity index (χ4n) is 12.2. The summed E-state index contributed by atoms with van der Waals surface area (Å²) >= 11 is 1.74. The van der Waals surface area contributed by atoms with E-state index in [2.05, 4.69) is 106 Å². The van der Waals surface area contributed by atoms with Gasteiger partial charge in [-0.1, -0.05) is 6.42 Å². The number of nitrogens with one attached hydrogen (secondary N) is 28. The maximum absolute atomic E-state index is 14.8. The molecule has 46 N–H and O–H groups in total. The molecule has 2 fully saturated rings. The molecule has 0 saturated carbocycles. The Labute approximate surface area is 677 Å². The molecule has 0 aliphatic carbocycles. The van der Waals surface area contributed by atoms with E-state index >= 15 is 0 Å². The molecule has 1 unspecified atom stereocenters. The van der Waals surface area contributed by atoms with Gasteiger partial charge in [0.15, 0.2) is 47.7 Å². The Morgan fingerprint density at radius 2 is 0.586 bits per heavy atom. The van der Waals surface area contributed by atoms with Crippen LogP contribution in [0.3, 0.4) is 0 Å². The number of nitrogens with two attached hydrogens (primary N) is 9. The minimum Gasteiger partial charge on any atom is -0.370 e. The number of primary amides is 1. The van der Waals surface area contributed by atoms with E-state index in [0.29, 0.717) is 12.8 Å². The number of fused-ring (bicyclic) bond motifs is 1. The van der Waals surface area contributed by atoms with E-state index in [-0.39, 0.29) is 240 Å². The lowest BCUT2D eigenvalue weighted by Gasteiger charge is -2.28. The van der Waals surface area contributed by atoms with Gasteiger partial charge in [-0.3, -0.25) is 96.0 Å². The molecule has 50 heteroatoms. The summed E-state index contributed by atoms with van der Waals surface area (Å²) in [6.45, 7) is 1.71. The summed E-state index contributed by atoms with van der Waals surface area (Å²) in [6, 6.07) is -12.4. The van der Waals surface area contributed by atoms with Gasteiger partial charge in [0, 0.05) is 83.3 Å². The zero-order chi connectivity index (χ0) is 86.7. The summed E-state index contributed by atoms with van der Waals surface area (Å²) in [5.41, 5.74) is 49.9. The van der Waals surface area contributed by atoms with E-state index in [1.165, 1.54) is 6.92 Å². The van der Waals surface area contributed by atoms with E-state index in [1.54, 1.807) is 11.8 Å². The van der Waals surface area contributed by atoms with Gasteiger partial charge in [-0.05, 0) is 135 Å². The van der Waals surface area contributed by atoms with Gasteiger partial charge >= 0.3 is 6.03 Å². The number of rotatable bonds is 60. The molecule has 0 aromatic heterocycles. The normalized spacial score (nSPS) is 16.0. The molecule has 2 saturated heterocycles. The molecule has 0 bridgehead atoms. The molecule has 116 heavy (non-hydrogen) atoms. The SMILES string of the molecule is CC(=O)N[C@@H](CCCNC(=N)N)C(=O)N[C@@H](CCCNC(=N)N)C(=O)N[C@@H](CCCNC(=N)N)C(=O)N[C@H](CCCNC(=N)N)C(=O)N[C@@H](CCCNC(=N)N)C(=O)N[C@@H](CCCNC(=N)N)C(=O)NCCCCC(NC(=O)[C@H](CCCNC(=N)N)NC(=O)[C@H](CCCNC(=N)N)NC(=O)CCCC[C@@H]1SC[C@@H]2NC(=O)N[C@@H]21)C(N)=O. The fourth-order valence-corrected chi connectivity index (χ4v) is 13.7. The first-order valence-electron chi connectivity index (χ1n) is 38.5. The van der Waals surface area contributed by atoms with Crippen LogP contribution in [-0.2, 0) is 52.7 Å². The first-order valence-corrected chi connectivity index (χ1v) is 39.6. The highest BCUT2D eigenvalue weighted by atomic mass is 32.2. The van der Waals surface area contributed by atoms with Crippen LogP contribution < -0.4 is 158 Å². The number of urea groups is 1. The Morgan fingerprint density at radius 3 is 0.871 bits per heavy atom. The second kappa shape index (κ2) is 56.2. The van der Waals surface area contributed by atoms with Crippen LogP contribution in [0.4, 0.5) is 4.79 Å². The average Bonchev–Trinajstić information content (AvgIpc) is 1.66. The molecule has 0 aromatic rings. The summed E-state index contributed by atoms with van der Waals surface area (Å²) in [4.78, 5) is 166. The molecular weight excluding hydrogens is 1540 g/mol. The smallest absolute Gasteiger partial charge is 0.315 e. The molecule has 0 spiro atoms. The number of hydrogen-bond donors (Lipinski definition) is 37. The number of hydrogen-bond acceptors (Lipinski definition) is 21. The first-order chi connectivity index (χ1) is 55.0. The second-order valence-electron chi connectivity index (χ2n) is 27.7. The lowest BCUT2D eigenvalue weighted by molar-refractivity contribution is -0.135. The van der Waals surface area contributed by atoms with Crippen LogP contribution in [0, 0.1) is 43.3 Å². The molecule has 13 amide bonds. The molecule has 2 aliphatic heterocycles. The van der Waals surface area contributed by atoms with Crippen LogP contribution in [0.15, 0.2) is 0 Å². The van der Waals surface area contributed by atoms with Crippen molar-refractivity contribution in [2.45, 2.75) is 226 Å². The van der Waals surface area contributed by atoms with Crippen molar-refractivity contribution in [1.82, 2.24) is 106 Å². The van der Waals surface area contributed by atoms with Crippen molar-refractivity contribution in [2.24, 2.45) is 51.6 Å². The Bertz CT molecular complexity index is 3320. The maximum Gasteiger partial charge on any atom is 0.315 e. The largest absolute Gasteiger partial charge is 0.370 e. The molecule has 2 heterocycles. The summed E-state index contributed by atoms with van der Waals surface area (Å²) < 4.78 is 0. The van der Waals surface area contributed by atoms with Gasteiger partial charge in [-0.25, -0.2) is 4.79 Å². The van der Waals surface area contributed by atoms with Crippen LogP contribution in [0.5, 0.6) is 0 Å². The molecular formula is C66H127N37O12S. The van der Waals surface area contributed by atoms with Crippen molar-refractivity contribution in [3.05, 3.63) is 0 Å². The fraction of sp³-hybridized carbons (Fsp3) is 0.697. The van der Waals surface area contributed by atoms with Crippen molar-refractivity contribution < 1.29 is 57.5 Å². The monoisotopic (exact) mass is 1660 g/mol. The van der Waals surface area contributed by atoms with Crippen LogP contribution >= 0.6 is 11.8 Å². The minimum atomic E-state index is -1.53. The second-order valence-corrected chi connectivity index (χ2v) is 29.0. The van der Waals surface area contributed by atoms with Crippen LogP contribution in [0.1, 0.15) is 155 Å². The van der Waals surface area contributed by atoms with E-state index in [0.717, 1.165) is 12.2 Å². The lowest BCUT2D eigenvalue weighted by Crippen LogP contribution is -2.60. The van der Waals surface area contributed by atoms with Crippen LogP contribution in [-0.4, -0.2) is 255 Å². The minimum absolute atomic E-state index is 0.00358. The maximum atomic E-state index is 14.8. The van der Waals surface area contributed by atoms with Crippen molar-refractivity contribution in [3.63, 3.8) is 0 Å². The molecule has 2 aliphatic rings. The topological polar surface area (TPSA) is 870 Å². The highest BCUT2D eigenvalue weighted by molar-refractivity contribution is 8.00. The predicted molar refractivity (Wildman–Crippen MR) is 436 cm³/mol. The van der Waals surface area contributed by atoms with E-state index in [9.17, 15) is 57.5 Å². The van der Waals surface area contributed by atoms with E-state index in [1.807, 2.05) is 0 Å². The molecule has 2 rings (SSSR count). The third-order valence-electron chi connectivity index (χ3n) is 18.0. The predicted octanol–water partition coefficient (Wildman–Crippen LogP) is -10.0. The highest BCUT2D eigenvalue weighted by Crippen LogP contribution is 2.33. The van der Waals surface area contributed by atoms with Gasteiger partial charge in [0.1, 0.15) is 54.4 Å². The third-order valence-corrected chi connectivity index (χ3v) is 19.5. The van der Waals surface area contributed by atoms with Gasteiger partial charge in [-0.2, -0.15) is 11.8 Å². The quantitative estimate of drug-likeness (QED) is 0.0116. The van der Waals surface area contributed by atoms with Gasteiger partial charge < -0.3 is 158 Å². The van der Waals surface area contributed by atoms with Crippen molar-refractivity contribution >= 4 is 130 Å². The summed E-state index contributed by atoms with van der Waals surface area (Å²) in [5.74, 6) is -11.0.